The smallest absolute Gasteiger partial charge is 0.251 e. The van der Waals surface area contributed by atoms with Crippen LogP contribution in [0.15, 0.2) is 23.1 Å². The Bertz CT molecular complexity index is 661. The van der Waals surface area contributed by atoms with E-state index in [1.54, 1.807) is 13.0 Å². The molecule has 0 aromatic heterocycles. The first kappa shape index (κ1) is 20.9. The van der Waals surface area contributed by atoms with Crippen molar-refractivity contribution in [3.05, 3.63) is 29.3 Å². The van der Waals surface area contributed by atoms with Crippen LogP contribution in [0.25, 0.3) is 0 Å². The van der Waals surface area contributed by atoms with Crippen molar-refractivity contribution < 1.29 is 17.9 Å². The van der Waals surface area contributed by atoms with E-state index in [1.165, 1.54) is 19.2 Å². The number of methoxy groups -OCH3 is 1. The second kappa shape index (κ2) is 9.33. The minimum atomic E-state index is -3.65. The SMILES string of the molecule is COCCNS(=O)(=O)c1ccc(C)c(C(=O)NC2CCNC2)c1.Cl. The Hall–Kier alpha value is -1.19. The number of aryl methyl sites for hydroxylation is 1. The summed E-state index contributed by atoms with van der Waals surface area (Å²) in [5, 5.41) is 6.11. The number of nitrogens with one attached hydrogen (secondary N) is 3. The summed E-state index contributed by atoms with van der Waals surface area (Å²) in [7, 11) is -2.15. The van der Waals surface area contributed by atoms with Gasteiger partial charge in [-0.2, -0.15) is 0 Å². The number of benzene rings is 1. The molecule has 1 aromatic carbocycles. The number of carbonyl (C=O) groups excluding carboxylic acids is 1. The molecule has 0 saturated carbocycles. The molecule has 1 aromatic rings. The highest BCUT2D eigenvalue weighted by atomic mass is 35.5. The largest absolute Gasteiger partial charge is 0.383 e. The van der Waals surface area contributed by atoms with Gasteiger partial charge in [-0.3, -0.25) is 4.79 Å². The quantitative estimate of drug-likeness (QED) is 0.599. The van der Waals surface area contributed by atoms with E-state index in [0.717, 1.165) is 25.1 Å². The van der Waals surface area contributed by atoms with Crippen LogP contribution >= 0.6 is 12.4 Å². The molecule has 1 fully saturated rings. The average molecular weight is 378 g/mol. The van der Waals surface area contributed by atoms with Gasteiger partial charge in [-0.1, -0.05) is 6.07 Å². The van der Waals surface area contributed by atoms with Crippen LogP contribution in [0.4, 0.5) is 0 Å². The molecule has 7 nitrogen and oxygen atoms in total. The molecule has 0 aliphatic carbocycles. The zero-order valence-electron chi connectivity index (χ0n) is 13.8. The maximum atomic E-state index is 12.4. The fourth-order valence-corrected chi connectivity index (χ4v) is 3.45. The Kier molecular flexibility index (Phi) is 8.11. The van der Waals surface area contributed by atoms with Crippen molar-refractivity contribution in [1.29, 1.82) is 0 Å². The molecule has 0 spiro atoms. The highest BCUT2D eigenvalue weighted by Crippen LogP contribution is 2.16. The van der Waals surface area contributed by atoms with Gasteiger partial charge in [0.2, 0.25) is 10.0 Å². The lowest BCUT2D eigenvalue weighted by Crippen LogP contribution is -2.36. The molecule has 1 atom stereocenters. The average Bonchev–Trinajstić information content (AvgIpc) is 3.00. The van der Waals surface area contributed by atoms with Crippen molar-refractivity contribution in [1.82, 2.24) is 15.4 Å². The summed E-state index contributed by atoms with van der Waals surface area (Å²) in [6.07, 6.45) is 0.876. The Labute approximate surface area is 149 Å². The van der Waals surface area contributed by atoms with E-state index in [4.69, 9.17) is 4.74 Å². The topological polar surface area (TPSA) is 96.5 Å². The minimum absolute atomic E-state index is 0. The van der Waals surface area contributed by atoms with Crippen LogP contribution in [-0.4, -0.2) is 53.7 Å². The third-order valence-electron chi connectivity index (χ3n) is 3.76. The Morgan fingerprint density at radius 1 is 1.42 bits per heavy atom. The number of sulfonamides is 1. The maximum Gasteiger partial charge on any atom is 0.251 e. The van der Waals surface area contributed by atoms with E-state index < -0.39 is 10.0 Å². The first-order chi connectivity index (χ1) is 10.9. The molecule has 0 radical (unpaired) electrons. The zero-order chi connectivity index (χ0) is 16.9. The second-order valence-corrected chi connectivity index (χ2v) is 7.30. The number of carbonyl (C=O) groups is 1. The van der Waals surface area contributed by atoms with E-state index in [2.05, 4.69) is 15.4 Å². The van der Waals surface area contributed by atoms with Gasteiger partial charge < -0.3 is 15.4 Å². The predicted molar refractivity (Wildman–Crippen MR) is 94.2 cm³/mol. The standard InChI is InChI=1S/C15H23N3O4S.ClH/c1-11-3-4-13(23(20,21)17-7-8-22-2)9-14(11)15(19)18-12-5-6-16-10-12;/h3-4,9,12,16-17H,5-8,10H2,1-2H3,(H,18,19);1H. The molecule has 3 N–H and O–H groups in total. The molecule has 0 bridgehead atoms. The van der Waals surface area contributed by atoms with Crippen LogP contribution in [0.3, 0.4) is 0 Å². The van der Waals surface area contributed by atoms with Crippen LogP contribution in [0.2, 0.25) is 0 Å². The van der Waals surface area contributed by atoms with E-state index in [9.17, 15) is 13.2 Å². The highest BCUT2D eigenvalue weighted by Gasteiger charge is 2.21. The lowest BCUT2D eigenvalue weighted by atomic mass is 10.1. The van der Waals surface area contributed by atoms with Crippen molar-refractivity contribution in [2.75, 3.05) is 33.4 Å². The van der Waals surface area contributed by atoms with Crippen LogP contribution in [0.1, 0.15) is 22.3 Å². The molecular formula is C15H24ClN3O4S. The van der Waals surface area contributed by atoms with Crippen LogP contribution in [0.5, 0.6) is 0 Å². The van der Waals surface area contributed by atoms with Gasteiger partial charge in [0.15, 0.2) is 0 Å². The van der Waals surface area contributed by atoms with Crippen LogP contribution in [0, 0.1) is 6.92 Å². The molecule has 1 amide bonds. The van der Waals surface area contributed by atoms with E-state index in [-0.39, 0.29) is 42.4 Å². The molecule has 1 saturated heterocycles. The predicted octanol–water partition coefficient (Wildman–Crippen LogP) is 0.433. The van der Waals surface area contributed by atoms with Gasteiger partial charge in [-0.05, 0) is 37.6 Å². The summed E-state index contributed by atoms with van der Waals surface area (Å²) >= 11 is 0. The maximum absolute atomic E-state index is 12.4. The van der Waals surface area contributed by atoms with Gasteiger partial charge in [0.25, 0.3) is 5.91 Å². The second-order valence-electron chi connectivity index (χ2n) is 5.53. The van der Waals surface area contributed by atoms with Crippen molar-refractivity contribution in [2.45, 2.75) is 24.3 Å². The summed E-state index contributed by atoms with van der Waals surface area (Å²) < 4.78 is 31.7. The fourth-order valence-electron chi connectivity index (χ4n) is 2.42. The third-order valence-corrected chi connectivity index (χ3v) is 5.22. The van der Waals surface area contributed by atoms with Crippen LogP contribution in [-0.2, 0) is 14.8 Å². The Morgan fingerprint density at radius 3 is 2.79 bits per heavy atom. The Morgan fingerprint density at radius 2 is 2.17 bits per heavy atom. The molecule has 136 valence electrons. The first-order valence-electron chi connectivity index (χ1n) is 7.55. The van der Waals surface area contributed by atoms with E-state index in [1.807, 2.05) is 0 Å². The molecule has 1 heterocycles. The monoisotopic (exact) mass is 377 g/mol. The normalized spacial score (nSPS) is 17.3. The number of ether oxygens (including phenoxy) is 1. The molecule has 1 aliphatic heterocycles. The lowest BCUT2D eigenvalue weighted by Gasteiger charge is -2.14. The zero-order valence-corrected chi connectivity index (χ0v) is 15.4. The summed E-state index contributed by atoms with van der Waals surface area (Å²) in [5.41, 5.74) is 1.12. The minimum Gasteiger partial charge on any atom is -0.383 e. The van der Waals surface area contributed by atoms with Crippen LogP contribution < -0.4 is 15.4 Å². The Balaban J connectivity index is 0.00000288. The molecule has 1 unspecified atom stereocenters. The van der Waals surface area contributed by atoms with Crippen molar-refractivity contribution >= 4 is 28.3 Å². The van der Waals surface area contributed by atoms with Crippen molar-refractivity contribution in [3.63, 3.8) is 0 Å². The van der Waals surface area contributed by atoms with Crippen molar-refractivity contribution in [3.8, 4) is 0 Å². The van der Waals surface area contributed by atoms with Gasteiger partial charge in [-0.25, -0.2) is 13.1 Å². The fraction of sp³-hybridized carbons (Fsp3) is 0.533. The molecule has 24 heavy (non-hydrogen) atoms. The van der Waals surface area contributed by atoms with Gasteiger partial charge in [-0.15, -0.1) is 12.4 Å². The van der Waals surface area contributed by atoms with E-state index in [0.29, 0.717) is 5.56 Å². The molecule has 1 aliphatic rings. The van der Waals surface area contributed by atoms with Gasteiger partial charge in [0.05, 0.1) is 11.5 Å². The number of amides is 1. The number of hydrogen-bond acceptors (Lipinski definition) is 5. The summed E-state index contributed by atoms with van der Waals surface area (Å²) in [6, 6.07) is 4.65. The third kappa shape index (κ3) is 5.42. The summed E-state index contributed by atoms with van der Waals surface area (Å²) in [5.74, 6) is -0.245. The first-order valence-corrected chi connectivity index (χ1v) is 9.03. The number of halogens is 1. The van der Waals surface area contributed by atoms with Gasteiger partial charge in [0.1, 0.15) is 0 Å². The number of rotatable bonds is 7. The lowest BCUT2D eigenvalue weighted by molar-refractivity contribution is 0.0939. The summed E-state index contributed by atoms with van der Waals surface area (Å²) in [4.78, 5) is 12.5. The molecule has 9 heteroatoms. The molecular weight excluding hydrogens is 354 g/mol. The van der Waals surface area contributed by atoms with Gasteiger partial charge in [0, 0.05) is 31.8 Å². The van der Waals surface area contributed by atoms with Gasteiger partial charge >= 0.3 is 0 Å². The number of hydrogen-bond donors (Lipinski definition) is 3. The van der Waals surface area contributed by atoms with E-state index >= 15 is 0 Å². The molecule has 2 rings (SSSR count). The highest BCUT2D eigenvalue weighted by molar-refractivity contribution is 7.89. The summed E-state index contributed by atoms with van der Waals surface area (Å²) in [6.45, 7) is 3.87. The van der Waals surface area contributed by atoms with Crippen molar-refractivity contribution in [2.24, 2.45) is 0 Å².